The molecule has 0 atom stereocenters. The van der Waals surface area contributed by atoms with Crippen LogP contribution in [0.1, 0.15) is 30.1 Å². The number of carbonyl (C=O) groups excluding carboxylic acids is 1. The van der Waals surface area contributed by atoms with E-state index in [2.05, 4.69) is 20.2 Å². The second kappa shape index (κ2) is 8.48. The smallest absolute Gasteiger partial charge is 0.338 e. The first-order valence-corrected chi connectivity index (χ1v) is 8.92. The van der Waals surface area contributed by atoms with Gasteiger partial charge < -0.3 is 20.1 Å². The van der Waals surface area contributed by atoms with Gasteiger partial charge in [0.2, 0.25) is 5.95 Å². The van der Waals surface area contributed by atoms with Gasteiger partial charge in [0.1, 0.15) is 5.82 Å². The number of anilines is 3. The molecule has 0 spiro atoms. The van der Waals surface area contributed by atoms with Crippen LogP contribution in [-0.2, 0) is 9.53 Å². The van der Waals surface area contributed by atoms with E-state index >= 15 is 0 Å². The van der Waals surface area contributed by atoms with Crippen LogP contribution in [0.25, 0.3) is 0 Å². The Morgan fingerprint density at radius 3 is 2.56 bits per heavy atom. The highest BCUT2D eigenvalue weighted by molar-refractivity contribution is 5.89. The monoisotopic (exact) mass is 370 g/mol. The highest BCUT2D eigenvalue weighted by Gasteiger charge is 2.25. The highest BCUT2D eigenvalue weighted by atomic mass is 16.5. The molecule has 0 unspecified atom stereocenters. The van der Waals surface area contributed by atoms with Crippen molar-refractivity contribution in [1.82, 2.24) is 9.97 Å². The van der Waals surface area contributed by atoms with Gasteiger partial charge in [-0.25, -0.2) is 9.78 Å². The van der Waals surface area contributed by atoms with E-state index in [1.807, 2.05) is 6.07 Å². The molecule has 1 aromatic heterocycles. The van der Waals surface area contributed by atoms with Crippen LogP contribution in [0, 0.1) is 5.92 Å². The number of benzene rings is 1. The lowest BCUT2D eigenvalue weighted by molar-refractivity contribution is -0.142. The SMILES string of the molecule is CCOC(=O)c1ccc(Nc2nccc(N3CCC(C(=O)O)CC3)n2)cc1. The minimum Gasteiger partial charge on any atom is -0.481 e. The summed E-state index contributed by atoms with van der Waals surface area (Å²) >= 11 is 0. The Bertz CT molecular complexity index is 802. The molecule has 2 aromatic rings. The standard InChI is InChI=1S/C19H22N4O4/c1-2-27-18(26)14-3-5-15(6-4-14)21-19-20-10-7-16(22-19)23-11-8-13(9-12-23)17(24)25/h3-7,10,13H,2,8-9,11-12H2,1H3,(H,24,25)(H,20,21,22). The number of carbonyl (C=O) groups is 2. The number of aromatic nitrogens is 2. The number of hydrogen-bond acceptors (Lipinski definition) is 7. The second-order valence-corrected chi connectivity index (χ2v) is 6.26. The molecule has 3 rings (SSSR count). The molecule has 2 heterocycles. The summed E-state index contributed by atoms with van der Waals surface area (Å²) in [5.74, 6) is -0.159. The van der Waals surface area contributed by atoms with E-state index in [0.29, 0.717) is 44.0 Å². The van der Waals surface area contributed by atoms with E-state index in [1.54, 1.807) is 37.4 Å². The van der Waals surface area contributed by atoms with Crippen LogP contribution in [0.4, 0.5) is 17.5 Å². The largest absolute Gasteiger partial charge is 0.481 e. The minimum atomic E-state index is -0.731. The summed E-state index contributed by atoms with van der Waals surface area (Å²) in [6.45, 7) is 3.41. The number of ether oxygens (including phenoxy) is 1. The average molecular weight is 370 g/mol. The Labute approximate surface area is 157 Å². The summed E-state index contributed by atoms with van der Waals surface area (Å²) < 4.78 is 4.96. The molecular weight excluding hydrogens is 348 g/mol. The first-order valence-electron chi connectivity index (χ1n) is 8.92. The van der Waals surface area contributed by atoms with Gasteiger partial charge in [-0.3, -0.25) is 4.79 Å². The molecule has 1 aliphatic rings. The van der Waals surface area contributed by atoms with Gasteiger partial charge in [-0.15, -0.1) is 0 Å². The van der Waals surface area contributed by atoms with Crippen LogP contribution >= 0.6 is 0 Å². The second-order valence-electron chi connectivity index (χ2n) is 6.26. The number of aliphatic carboxylic acids is 1. The van der Waals surface area contributed by atoms with E-state index in [0.717, 1.165) is 11.5 Å². The summed E-state index contributed by atoms with van der Waals surface area (Å²) in [7, 11) is 0. The molecule has 1 aliphatic heterocycles. The van der Waals surface area contributed by atoms with Crippen molar-refractivity contribution in [3.05, 3.63) is 42.1 Å². The normalized spacial score (nSPS) is 14.6. The molecule has 0 saturated carbocycles. The maximum Gasteiger partial charge on any atom is 0.338 e. The number of carboxylic acids is 1. The molecule has 8 heteroatoms. The molecule has 0 radical (unpaired) electrons. The number of piperidine rings is 1. The van der Waals surface area contributed by atoms with Crippen molar-refractivity contribution in [2.24, 2.45) is 5.92 Å². The highest BCUT2D eigenvalue weighted by Crippen LogP contribution is 2.23. The van der Waals surface area contributed by atoms with Gasteiger partial charge in [0.05, 0.1) is 18.1 Å². The van der Waals surface area contributed by atoms with E-state index in [9.17, 15) is 9.59 Å². The maximum absolute atomic E-state index is 11.7. The predicted octanol–water partition coefficient (Wildman–Crippen LogP) is 2.70. The number of rotatable bonds is 6. The number of carboxylic acid groups (broad SMARTS) is 1. The zero-order valence-electron chi connectivity index (χ0n) is 15.1. The lowest BCUT2D eigenvalue weighted by Crippen LogP contribution is -2.36. The summed E-state index contributed by atoms with van der Waals surface area (Å²) in [5, 5.41) is 12.2. The minimum absolute atomic E-state index is 0.279. The topological polar surface area (TPSA) is 105 Å². The maximum atomic E-state index is 11.7. The van der Waals surface area contributed by atoms with Crippen LogP contribution in [0.2, 0.25) is 0 Å². The Morgan fingerprint density at radius 1 is 1.22 bits per heavy atom. The molecule has 0 amide bonds. The fraction of sp³-hybridized carbons (Fsp3) is 0.368. The first kappa shape index (κ1) is 18.6. The van der Waals surface area contributed by atoms with Crippen molar-refractivity contribution in [1.29, 1.82) is 0 Å². The van der Waals surface area contributed by atoms with Gasteiger partial charge >= 0.3 is 11.9 Å². The van der Waals surface area contributed by atoms with Crippen LogP contribution in [0.5, 0.6) is 0 Å². The number of hydrogen-bond donors (Lipinski definition) is 2. The zero-order chi connectivity index (χ0) is 19.2. The van der Waals surface area contributed by atoms with E-state index in [-0.39, 0.29) is 11.9 Å². The average Bonchev–Trinajstić information content (AvgIpc) is 2.69. The van der Waals surface area contributed by atoms with Gasteiger partial charge in [0.25, 0.3) is 0 Å². The molecule has 27 heavy (non-hydrogen) atoms. The molecule has 1 saturated heterocycles. The van der Waals surface area contributed by atoms with E-state index < -0.39 is 5.97 Å². The Hall–Kier alpha value is -3.16. The van der Waals surface area contributed by atoms with Crippen LogP contribution in [0.3, 0.4) is 0 Å². The van der Waals surface area contributed by atoms with E-state index in [4.69, 9.17) is 9.84 Å². The first-order chi connectivity index (χ1) is 13.1. The predicted molar refractivity (Wildman–Crippen MR) is 100 cm³/mol. The summed E-state index contributed by atoms with van der Waals surface area (Å²) in [5.41, 5.74) is 1.24. The van der Waals surface area contributed by atoms with Crippen LogP contribution in [0.15, 0.2) is 36.5 Å². The van der Waals surface area contributed by atoms with Crippen LogP contribution < -0.4 is 10.2 Å². The van der Waals surface area contributed by atoms with Gasteiger partial charge in [-0.2, -0.15) is 4.98 Å². The summed E-state index contributed by atoms with van der Waals surface area (Å²) in [4.78, 5) is 33.6. The Morgan fingerprint density at radius 2 is 1.93 bits per heavy atom. The summed E-state index contributed by atoms with van der Waals surface area (Å²) in [6, 6.07) is 8.71. The third-order valence-electron chi connectivity index (χ3n) is 4.46. The fourth-order valence-electron chi connectivity index (χ4n) is 2.97. The molecule has 2 N–H and O–H groups in total. The fourth-order valence-corrected chi connectivity index (χ4v) is 2.97. The molecule has 142 valence electrons. The number of nitrogens with one attached hydrogen (secondary N) is 1. The molecule has 1 aromatic carbocycles. The third-order valence-corrected chi connectivity index (χ3v) is 4.46. The van der Waals surface area contributed by atoms with E-state index in [1.165, 1.54) is 0 Å². The van der Waals surface area contributed by atoms with Crippen molar-refractivity contribution >= 4 is 29.4 Å². The summed E-state index contributed by atoms with van der Waals surface area (Å²) in [6.07, 6.45) is 2.88. The molecule has 1 fully saturated rings. The van der Waals surface area contributed by atoms with Crippen molar-refractivity contribution < 1.29 is 19.4 Å². The van der Waals surface area contributed by atoms with Crippen molar-refractivity contribution in [2.45, 2.75) is 19.8 Å². The molecule has 0 bridgehead atoms. The van der Waals surface area contributed by atoms with Gasteiger partial charge in [0.15, 0.2) is 0 Å². The lowest BCUT2D eigenvalue weighted by Gasteiger charge is -2.31. The van der Waals surface area contributed by atoms with Gasteiger partial charge in [0, 0.05) is 25.0 Å². The van der Waals surface area contributed by atoms with Gasteiger partial charge in [-0.1, -0.05) is 0 Å². The van der Waals surface area contributed by atoms with Gasteiger partial charge in [-0.05, 0) is 50.1 Å². The zero-order valence-corrected chi connectivity index (χ0v) is 15.1. The Kier molecular flexibility index (Phi) is 5.85. The van der Waals surface area contributed by atoms with Crippen molar-refractivity contribution in [3.8, 4) is 0 Å². The number of esters is 1. The lowest BCUT2D eigenvalue weighted by atomic mass is 9.97. The molecule has 0 aliphatic carbocycles. The molecular formula is C19H22N4O4. The number of nitrogens with zero attached hydrogens (tertiary/aromatic N) is 3. The van der Waals surface area contributed by atoms with Crippen molar-refractivity contribution in [2.75, 3.05) is 29.9 Å². The quantitative estimate of drug-likeness (QED) is 0.748. The van der Waals surface area contributed by atoms with Crippen molar-refractivity contribution in [3.63, 3.8) is 0 Å². The molecule has 8 nitrogen and oxygen atoms in total. The van der Waals surface area contributed by atoms with Crippen LogP contribution in [-0.4, -0.2) is 46.7 Å². The Balaban J connectivity index is 1.64. The third kappa shape index (κ3) is 4.72.